The third kappa shape index (κ3) is 7.04. The van der Waals surface area contributed by atoms with Crippen LogP contribution in [0.4, 0.5) is 10.5 Å². The molecule has 1 N–H and O–H groups in total. The summed E-state index contributed by atoms with van der Waals surface area (Å²) in [6, 6.07) is 12.7. The van der Waals surface area contributed by atoms with Crippen molar-refractivity contribution in [1.82, 2.24) is 9.80 Å². The van der Waals surface area contributed by atoms with E-state index in [1.54, 1.807) is 24.0 Å². The van der Waals surface area contributed by atoms with Gasteiger partial charge in [-0.25, -0.2) is 4.79 Å². The van der Waals surface area contributed by atoms with Gasteiger partial charge in [0, 0.05) is 18.8 Å². The van der Waals surface area contributed by atoms with Gasteiger partial charge in [-0.15, -0.1) is 0 Å². The minimum Gasteiger partial charge on any atom is -0.493 e. The van der Waals surface area contributed by atoms with Crippen molar-refractivity contribution in [3.8, 4) is 11.5 Å². The third-order valence-electron chi connectivity index (χ3n) is 6.98. The van der Waals surface area contributed by atoms with Crippen molar-refractivity contribution in [2.24, 2.45) is 0 Å². The predicted molar refractivity (Wildman–Crippen MR) is 150 cm³/mol. The molecule has 0 radical (unpaired) electrons. The quantitative estimate of drug-likeness (QED) is 0.530. The Hall–Kier alpha value is -3.79. The number of morpholine rings is 1. The van der Waals surface area contributed by atoms with Crippen molar-refractivity contribution in [2.75, 3.05) is 39.2 Å². The molecule has 3 unspecified atom stereocenters. The molecular formula is C30H39N3O7. The second-order valence-electron chi connectivity index (χ2n) is 11.2. The van der Waals surface area contributed by atoms with Gasteiger partial charge in [0.05, 0.1) is 39.3 Å². The van der Waals surface area contributed by atoms with E-state index in [4.69, 9.17) is 18.9 Å². The van der Waals surface area contributed by atoms with E-state index in [-0.39, 0.29) is 30.8 Å². The molecule has 2 heterocycles. The summed E-state index contributed by atoms with van der Waals surface area (Å²) < 4.78 is 22.5. The molecule has 216 valence electrons. The van der Waals surface area contributed by atoms with Crippen LogP contribution < -0.4 is 14.8 Å². The molecule has 10 nitrogen and oxygen atoms in total. The van der Waals surface area contributed by atoms with Crippen molar-refractivity contribution in [2.45, 2.75) is 64.4 Å². The van der Waals surface area contributed by atoms with Crippen LogP contribution in [0.3, 0.4) is 0 Å². The number of ether oxygens (including phenoxy) is 4. The Bertz CT molecular complexity index is 1220. The Morgan fingerprint density at radius 3 is 2.38 bits per heavy atom. The summed E-state index contributed by atoms with van der Waals surface area (Å²) >= 11 is 0. The summed E-state index contributed by atoms with van der Waals surface area (Å²) in [4.78, 5) is 42.7. The fourth-order valence-electron chi connectivity index (χ4n) is 5.00. The Kier molecular flexibility index (Phi) is 8.88. The Labute approximate surface area is 235 Å². The van der Waals surface area contributed by atoms with Crippen molar-refractivity contribution in [3.05, 3.63) is 53.6 Å². The fourth-order valence-corrected chi connectivity index (χ4v) is 5.00. The summed E-state index contributed by atoms with van der Waals surface area (Å²) in [7, 11) is 3.16. The molecule has 2 fully saturated rings. The number of aryl methyl sites for hydroxylation is 1. The van der Waals surface area contributed by atoms with Gasteiger partial charge in [-0.2, -0.15) is 0 Å². The summed E-state index contributed by atoms with van der Waals surface area (Å²) in [6.07, 6.45) is -1.44. The minimum atomic E-state index is -0.962. The second-order valence-corrected chi connectivity index (χ2v) is 11.2. The molecule has 2 aliphatic heterocycles. The van der Waals surface area contributed by atoms with Crippen LogP contribution in [0.1, 0.15) is 38.3 Å². The number of benzene rings is 2. The zero-order chi connectivity index (χ0) is 29.0. The molecule has 0 aromatic heterocycles. The van der Waals surface area contributed by atoms with Crippen LogP contribution >= 0.6 is 0 Å². The van der Waals surface area contributed by atoms with E-state index in [9.17, 15) is 14.4 Å². The molecule has 2 aromatic carbocycles. The first kappa shape index (κ1) is 29.2. The van der Waals surface area contributed by atoms with Gasteiger partial charge in [0.1, 0.15) is 11.7 Å². The molecular weight excluding hydrogens is 514 g/mol. The Morgan fingerprint density at radius 2 is 1.73 bits per heavy atom. The Morgan fingerprint density at radius 1 is 1.02 bits per heavy atom. The number of nitrogens with one attached hydrogen (secondary N) is 1. The van der Waals surface area contributed by atoms with E-state index in [2.05, 4.69) is 5.32 Å². The summed E-state index contributed by atoms with van der Waals surface area (Å²) in [5.74, 6) is 0.639. The predicted octanol–water partition coefficient (Wildman–Crippen LogP) is 3.80. The van der Waals surface area contributed by atoms with Crippen LogP contribution in [0.5, 0.6) is 11.5 Å². The Balaban J connectivity index is 1.50. The van der Waals surface area contributed by atoms with E-state index in [1.807, 2.05) is 70.2 Å². The van der Waals surface area contributed by atoms with Gasteiger partial charge >= 0.3 is 6.09 Å². The summed E-state index contributed by atoms with van der Waals surface area (Å²) in [5, 5.41) is 2.85. The van der Waals surface area contributed by atoms with Gasteiger partial charge < -0.3 is 34.1 Å². The van der Waals surface area contributed by atoms with Crippen LogP contribution in [0, 0.1) is 6.92 Å². The average Bonchev–Trinajstić information content (AvgIpc) is 3.33. The van der Waals surface area contributed by atoms with E-state index >= 15 is 0 Å². The first-order chi connectivity index (χ1) is 19.0. The van der Waals surface area contributed by atoms with Crippen LogP contribution in [0.2, 0.25) is 0 Å². The standard InChI is InChI=1S/C30H39N3O7/c1-19-7-10-21(11-8-19)31-27(34)16-25-28(35)33(14-13-20-9-12-23(37-5)24(15-20)38-6)22-17-32(18-26(22)39-25)29(36)40-30(2,3)4/h7-12,15,22,25-26H,13-14,16-18H2,1-6H3,(H,31,34). The third-order valence-corrected chi connectivity index (χ3v) is 6.98. The van der Waals surface area contributed by atoms with Crippen molar-refractivity contribution in [1.29, 1.82) is 0 Å². The first-order valence-corrected chi connectivity index (χ1v) is 13.5. The molecule has 2 aliphatic rings. The van der Waals surface area contributed by atoms with Gasteiger partial charge in [0.25, 0.3) is 5.91 Å². The monoisotopic (exact) mass is 553 g/mol. The van der Waals surface area contributed by atoms with Gasteiger partial charge in [0.15, 0.2) is 11.5 Å². The number of carbonyl (C=O) groups is 3. The maximum absolute atomic E-state index is 13.7. The fraction of sp³-hybridized carbons (Fsp3) is 0.500. The van der Waals surface area contributed by atoms with E-state index in [1.165, 1.54) is 0 Å². The number of rotatable bonds is 8. The summed E-state index contributed by atoms with van der Waals surface area (Å²) in [6.45, 7) is 8.35. The highest BCUT2D eigenvalue weighted by molar-refractivity contribution is 5.95. The molecule has 2 aromatic rings. The smallest absolute Gasteiger partial charge is 0.410 e. The molecule has 2 saturated heterocycles. The van der Waals surface area contributed by atoms with Crippen LogP contribution in [0.25, 0.3) is 0 Å². The zero-order valence-corrected chi connectivity index (χ0v) is 24.1. The number of hydrogen-bond acceptors (Lipinski definition) is 7. The molecule has 0 aliphatic carbocycles. The lowest BCUT2D eigenvalue weighted by Gasteiger charge is -2.40. The largest absolute Gasteiger partial charge is 0.493 e. The van der Waals surface area contributed by atoms with Crippen molar-refractivity contribution < 1.29 is 33.3 Å². The second kappa shape index (κ2) is 12.2. The highest BCUT2D eigenvalue weighted by Gasteiger charge is 2.49. The van der Waals surface area contributed by atoms with Gasteiger partial charge in [-0.3, -0.25) is 9.59 Å². The number of carbonyl (C=O) groups excluding carboxylic acids is 3. The van der Waals surface area contributed by atoms with Crippen molar-refractivity contribution >= 4 is 23.6 Å². The minimum absolute atomic E-state index is 0.130. The maximum Gasteiger partial charge on any atom is 0.410 e. The van der Waals surface area contributed by atoms with Crippen molar-refractivity contribution in [3.63, 3.8) is 0 Å². The number of hydrogen-bond donors (Lipinski definition) is 1. The van der Waals surface area contributed by atoms with Gasteiger partial charge in [-0.05, 0) is 63.9 Å². The van der Waals surface area contributed by atoms with E-state index < -0.39 is 23.9 Å². The highest BCUT2D eigenvalue weighted by atomic mass is 16.6. The lowest BCUT2D eigenvalue weighted by atomic mass is 10.0. The molecule has 10 heteroatoms. The average molecular weight is 554 g/mol. The number of anilines is 1. The van der Waals surface area contributed by atoms with E-state index in [0.29, 0.717) is 36.7 Å². The number of likely N-dealkylation sites (tertiary alicyclic amines) is 1. The number of fused-ring (bicyclic) bond motifs is 1. The molecule has 0 bridgehead atoms. The highest BCUT2D eigenvalue weighted by Crippen LogP contribution is 2.31. The van der Waals surface area contributed by atoms with Gasteiger partial charge in [-0.1, -0.05) is 23.8 Å². The lowest BCUT2D eigenvalue weighted by Crippen LogP contribution is -2.59. The number of amides is 3. The molecule has 0 saturated carbocycles. The normalized spacial score (nSPS) is 20.6. The van der Waals surface area contributed by atoms with E-state index in [0.717, 1.165) is 11.1 Å². The molecule has 0 spiro atoms. The van der Waals surface area contributed by atoms with Crippen LogP contribution in [-0.4, -0.2) is 85.4 Å². The summed E-state index contributed by atoms with van der Waals surface area (Å²) in [5.41, 5.74) is 2.05. The van der Waals surface area contributed by atoms with Crippen LogP contribution in [0.15, 0.2) is 42.5 Å². The molecule has 4 rings (SSSR count). The lowest BCUT2D eigenvalue weighted by molar-refractivity contribution is -0.168. The number of nitrogens with zero attached hydrogens (tertiary/aromatic N) is 2. The molecule has 40 heavy (non-hydrogen) atoms. The SMILES string of the molecule is COc1ccc(CCN2C(=O)C(CC(=O)Nc3ccc(C)cc3)OC3CN(C(=O)OC(C)(C)C)CC32)cc1OC. The van der Waals surface area contributed by atoms with Crippen LogP contribution in [-0.2, 0) is 25.5 Å². The number of methoxy groups -OCH3 is 2. The first-order valence-electron chi connectivity index (χ1n) is 13.5. The van der Waals surface area contributed by atoms with Gasteiger partial charge in [0.2, 0.25) is 5.91 Å². The molecule has 3 atom stereocenters. The maximum atomic E-state index is 13.7. The molecule has 3 amide bonds. The zero-order valence-electron chi connectivity index (χ0n) is 24.1. The topological polar surface area (TPSA) is 107 Å².